The Kier molecular flexibility index (Phi) is 10.1. The fourth-order valence-electron chi connectivity index (χ4n) is 1.94. The van der Waals surface area contributed by atoms with Crippen LogP contribution in [0.4, 0.5) is 0 Å². The van der Waals surface area contributed by atoms with Crippen LogP contribution in [0.3, 0.4) is 0 Å². The highest BCUT2D eigenvalue weighted by atomic mass is 35.5. The summed E-state index contributed by atoms with van der Waals surface area (Å²) in [5, 5.41) is 8.07. The number of nitrogens with one attached hydrogen (secondary N) is 2. The first-order valence-corrected chi connectivity index (χ1v) is 8.40. The summed E-state index contributed by atoms with van der Waals surface area (Å²) in [5.74, 6) is 0.601. The zero-order valence-electron chi connectivity index (χ0n) is 13.6. The van der Waals surface area contributed by atoms with Crippen molar-refractivity contribution in [3.63, 3.8) is 0 Å². The van der Waals surface area contributed by atoms with Crippen LogP contribution in [0.2, 0.25) is 0 Å². The lowest BCUT2D eigenvalue weighted by atomic mass is 10.2. The van der Waals surface area contributed by atoms with E-state index < -0.39 is 0 Å². The minimum atomic E-state index is -0.0971. The minimum Gasteiger partial charge on any atom is -0.488 e. The van der Waals surface area contributed by atoms with Crippen molar-refractivity contribution in [2.45, 2.75) is 6.61 Å². The first-order valence-electron chi connectivity index (χ1n) is 7.52. The number of carbonyl (C=O) groups is 1. The molecule has 132 valence electrons. The zero-order chi connectivity index (χ0) is 16.3. The molecule has 1 aromatic heterocycles. The second kappa shape index (κ2) is 11.9. The van der Waals surface area contributed by atoms with Crippen molar-refractivity contribution >= 4 is 29.7 Å². The van der Waals surface area contributed by atoms with E-state index in [-0.39, 0.29) is 18.3 Å². The Bertz CT molecular complexity index is 593. The molecule has 0 atom stereocenters. The Balaban J connectivity index is 0.00000288. The molecule has 0 fully saturated rings. The third kappa shape index (κ3) is 7.31. The van der Waals surface area contributed by atoms with E-state index >= 15 is 0 Å². The van der Waals surface area contributed by atoms with E-state index in [4.69, 9.17) is 9.47 Å². The zero-order valence-corrected chi connectivity index (χ0v) is 15.3. The molecule has 2 aromatic rings. The minimum absolute atomic E-state index is 0. The van der Waals surface area contributed by atoms with Gasteiger partial charge in [0.25, 0.3) is 5.91 Å². The number of benzene rings is 1. The molecular weight excluding hydrogens is 348 g/mol. The highest BCUT2D eigenvalue weighted by Gasteiger charge is 2.06. The number of rotatable bonds is 10. The molecule has 24 heavy (non-hydrogen) atoms. The number of amides is 1. The molecule has 7 heteroatoms. The van der Waals surface area contributed by atoms with E-state index in [2.05, 4.69) is 10.6 Å². The third-order valence-corrected chi connectivity index (χ3v) is 3.98. The van der Waals surface area contributed by atoms with Gasteiger partial charge in [0.1, 0.15) is 12.4 Å². The molecule has 2 rings (SSSR count). The van der Waals surface area contributed by atoms with Crippen LogP contribution in [-0.2, 0) is 11.3 Å². The van der Waals surface area contributed by atoms with Gasteiger partial charge >= 0.3 is 0 Å². The predicted molar refractivity (Wildman–Crippen MR) is 99.4 cm³/mol. The first kappa shape index (κ1) is 20.4. The Morgan fingerprint density at radius 1 is 1.17 bits per heavy atom. The first-order chi connectivity index (χ1) is 11.3. The van der Waals surface area contributed by atoms with Crippen molar-refractivity contribution in [3.05, 3.63) is 52.2 Å². The summed E-state index contributed by atoms with van der Waals surface area (Å²) in [6, 6.07) is 11.3. The van der Waals surface area contributed by atoms with Gasteiger partial charge in [0.2, 0.25) is 0 Å². The van der Waals surface area contributed by atoms with Crippen LogP contribution in [0, 0.1) is 0 Å². The fourth-order valence-corrected chi connectivity index (χ4v) is 2.56. The van der Waals surface area contributed by atoms with Gasteiger partial charge in [0.05, 0.1) is 6.61 Å². The maximum Gasteiger partial charge on any atom is 0.251 e. The molecule has 0 aliphatic carbocycles. The topological polar surface area (TPSA) is 59.6 Å². The maximum atomic E-state index is 12.1. The number of hydrogen-bond acceptors (Lipinski definition) is 5. The van der Waals surface area contributed by atoms with Crippen molar-refractivity contribution < 1.29 is 14.3 Å². The van der Waals surface area contributed by atoms with Gasteiger partial charge in [0, 0.05) is 37.2 Å². The van der Waals surface area contributed by atoms with Crippen LogP contribution in [-0.4, -0.2) is 39.3 Å². The van der Waals surface area contributed by atoms with Crippen LogP contribution in [0.5, 0.6) is 5.75 Å². The van der Waals surface area contributed by atoms with Crippen molar-refractivity contribution in [3.8, 4) is 5.75 Å². The lowest BCUT2D eigenvalue weighted by Gasteiger charge is -2.09. The molecule has 5 nitrogen and oxygen atoms in total. The summed E-state index contributed by atoms with van der Waals surface area (Å²) >= 11 is 1.65. The van der Waals surface area contributed by atoms with Crippen molar-refractivity contribution in [1.82, 2.24) is 10.6 Å². The molecule has 1 amide bonds. The molecule has 0 spiro atoms. The Hall–Kier alpha value is -1.60. The highest BCUT2D eigenvalue weighted by molar-refractivity contribution is 7.09. The van der Waals surface area contributed by atoms with Crippen LogP contribution < -0.4 is 15.4 Å². The SMILES string of the molecule is COCCNCCNC(=O)c1cccc(OCc2cccs2)c1.Cl. The molecule has 0 saturated heterocycles. The van der Waals surface area contributed by atoms with Crippen LogP contribution in [0.25, 0.3) is 0 Å². The molecule has 1 heterocycles. The van der Waals surface area contributed by atoms with Crippen LogP contribution in [0.1, 0.15) is 15.2 Å². The van der Waals surface area contributed by atoms with E-state index in [1.54, 1.807) is 30.6 Å². The van der Waals surface area contributed by atoms with Gasteiger partial charge in [-0.05, 0) is 29.6 Å². The second-order valence-corrected chi connectivity index (χ2v) is 5.93. The van der Waals surface area contributed by atoms with Crippen molar-refractivity contribution in [1.29, 1.82) is 0 Å². The van der Waals surface area contributed by atoms with E-state index in [1.165, 1.54) is 0 Å². The average molecular weight is 371 g/mol. The van der Waals surface area contributed by atoms with Gasteiger partial charge in [0.15, 0.2) is 0 Å². The van der Waals surface area contributed by atoms with Gasteiger partial charge in [-0.25, -0.2) is 0 Å². The monoisotopic (exact) mass is 370 g/mol. The summed E-state index contributed by atoms with van der Waals surface area (Å²) in [5.41, 5.74) is 0.602. The van der Waals surface area contributed by atoms with E-state index in [9.17, 15) is 4.79 Å². The van der Waals surface area contributed by atoms with Crippen LogP contribution >= 0.6 is 23.7 Å². The molecule has 0 aliphatic rings. The number of hydrogen-bond donors (Lipinski definition) is 2. The second-order valence-electron chi connectivity index (χ2n) is 4.89. The third-order valence-electron chi connectivity index (χ3n) is 3.13. The number of thiophene rings is 1. The normalized spacial score (nSPS) is 10.0. The van der Waals surface area contributed by atoms with Crippen molar-refractivity contribution in [2.24, 2.45) is 0 Å². The summed E-state index contributed by atoms with van der Waals surface area (Å²) in [6.07, 6.45) is 0. The smallest absolute Gasteiger partial charge is 0.251 e. The molecule has 0 aliphatic heterocycles. The number of methoxy groups -OCH3 is 1. The van der Waals surface area contributed by atoms with E-state index in [0.29, 0.717) is 37.6 Å². The summed E-state index contributed by atoms with van der Waals surface area (Å²) in [4.78, 5) is 13.3. The molecular formula is C17H23ClN2O3S. The Morgan fingerprint density at radius 3 is 2.79 bits per heavy atom. The molecule has 0 saturated carbocycles. The van der Waals surface area contributed by atoms with Gasteiger partial charge in [-0.15, -0.1) is 23.7 Å². The standard InChI is InChI=1S/C17H22N2O3S.ClH/c1-21-10-9-18-7-8-19-17(20)14-4-2-5-15(12-14)22-13-16-6-3-11-23-16;/h2-6,11-12,18H,7-10,13H2,1H3,(H,19,20);1H. The van der Waals surface area contributed by atoms with E-state index in [1.807, 2.05) is 29.6 Å². The van der Waals surface area contributed by atoms with Gasteiger partial charge < -0.3 is 20.1 Å². The number of ether oxygens (including phenoxy) is 2. The largest absolute Gasteiger partial charge is 0.488 e. The molecule has 0 bridgehead atoms. The molecule has 2 N–H and O–H groups in total. The lowest BCUT2D eigenvalue weighted by molar-refractivity contribution is 0.0953. The van der Waals surface area contributed by atoms with Crippen LogP contribution in [0.15, 0.2) is 41.8 Å². The van der Waals surface area contributed by atoms with Gasteiger partial charge in [-0.2, -0.15) is 0 Å². The molecule has 0 radical (unpaired) electrons. The Labute approximate surface area is 152 Å². The lowest BCUT2D eigenvalue weighted by Crippen LogP contribution is -2.33. The van der Waals surface area contributed by atoms with Crippen molar-refractivity contribution in [2.75, 3.05) is 33.4 Å². The van der Waals surface area contributed by atoms with Gasteiger partial charge in [-0.3, -0.25) is 4.79 Å². The fraction of sp³-hybridized carbons (Fsp3) is 0.353. The predicted octanol–water partition coefficient (Wildman–Crippen LogP) is 2.71. The number of carbonyl (C=O) groups excluding carboxylic acids is 1. The highest BCUT2D eigenvalue weighted by Crippen LogP contribution is 2.17. The summed E-state index contributed by atoms with van der Waals surface area (Å²) in [6.45, 7) is 3.24. The summed E-state index contributed by atoms with van der Waals surface area (Å²) in [7, 11) is 1.66. The maximum absolute atomic E-state index is 12.1. The average Bonchev–Trinajstić information content (AvgIpc) is 3.10. The Morgan fingerprint density at radius 2 is 2.04 bits per heavy atom. The molecule has 0 unspecified atom stereocenters. The summed E-state index contributed by atoms with van der Waals surface area (Å²) < 4.78 is 10.7. The van der Waals surface area contributed by atoms with E-state index in [0.717, 1.165) is 11.4 Å². The molecule has 1 aromatic carbocycles. The number of halogens is 1. The van der Waals surface area contributed by atoms with Gasteiger partial charge in [-0.1, -0.05) is 12.1 Å². The quantitative estimate of drug-likeness (QED) is 0.631.